The summed E-state index contributed by atoms with van der Waals surface area (Å²) in [7, 11) is 0. The van der Waals surface area contributed by atoms with E-state index in [9.17, 15) is 5.11 Å². The van der Waals surface area contributed by atoms with E-state index < -0.39 is 6.10 Å². The molecule has 3 heteroatoms. The lowest BCUT2D eigenvalue weighted by molar-refractivity contribution is 0.178. The molecule has 1 unspecified atom stereocenters. The fourth-order valence-electron chi connectivity index (χ4n) is 1.69. The first-order valence-electron chi connectivity index (χ1n) is 5.13. The van der Waals surface area contributed by atoms with Crippen LogP contribution in [0.3, 0.4) is 0 Å². The van der Waals surface area contributed by atoms with Gasteiger partial charge in [0, 0.05) is 15.8 Å². The van der Waals surface area contributed by atoms with Gasteiger partial charge in [-0.3, -0.25) is 0 Å². The van der Waals surface area contributed by atoms with Crippen molar-refractivity contribution in [3.05, 3.63) is 56.2 Å². The van der Waals surface area contributed by atoms with Crippen LogP contribution in [-0.2, 0) is 6.42 Å². The monoisotopic (exact) mass is 296 g/mol. The van der Waals surface area contributed by atoms with Crippen molar-refractivity contribution in [3.8, 4) is 0 Å². The summed E-state index contributed by atoms with van der Waals surface area (Å²) in [6.45, 7) is 2.05. The first-order chi connectivity index (χ1) is 7.66. The molecule has 0 fully saturated rings. The van der Waals surface area contributed by atoms with Crippen molar-refractivity contribution in [1.29, 1.82) is 0 Å². The molecule has 0 aliphatic heterocycles. The van der Waals surface area contributed by atoms with E-state index in [1.165, 1.54) is 4.88 Å². The molecule has 0 aliphatic carbocycles. The van der Waals surface area contributed by atoms with Crippen LogP contribution in [-0.4, -0.2) is 5.11 Å². The van der Waals surface area contributed by atoms with E-state index in [0.29, 0.717) is 6.42 Å². The number of aliphatic hydroxyl groups excluding tert-OH is 1. The molecule has 16 heavy (non-hydrogen) atoms. The van der Waals surface area contributed by atoms with Gasteiger partial charge in [-0.05, 0) is 41.6 Å². The van der Waals surface area contributed by atoms with Crippen molar-refractivity contribution in [2.75, 3.05) is 0 Å². The van der Waals surface area contributed by atoms with Crippen LogP contribution in [0.25, 0.3) is 0 Å². The molecule has 1 aromatic carbocycles. The van der Waals surface area contributed by atoms with Crippen molar-refractivity contribution in [2.45, 2.75) is 19.4 Å². The minimum atomic E-state index is -0.396. The second-order valence-electron chi connectivity index (χ2n) is 3.78. The predicted molar refractivity (Wildman–Crippen MR) is 71.9 cm³/mol. The van der Waals surface area contributed by atoms with E-state index in [-0.39, 0.29) is 0 Å². The zero-order chi connectivity index (χ0) is 11.5. The SMILES string of the molecule is Cc1sccc1C(O)Cc1ccc(Br)cc1. The van der Waals surface area contributed by atoms with Crippen molar-refractivity contribution >= 4 is 27.3 Å². The highest BCUT2D eigenvalue weighted by atomic mass is 79.9. The molecule has 1 nitrogen and oxygen atoms in total. The number of halogens is 1. The lowest BCUT2D eigenvalue weighted by atomic mass is 10.0. The van der Waals surface area contributed by atoms with E-state index >= 15 is 0 Å². The van der Waals surface area contributed by atoms with Crippen LogP contribution < -0.4 is 0 Å². The van der Waals surface area contributed by atoms with Gasteiger partial charge in [-0.25, -0.2) is 0 Å². The topological polar surface area (TPSA) is 20.2 Å². The van der Waals surface area contributed by atoms with Crippen LogP contribution in [0.15, 0.2) is 40.2 Å². The summed E-state index contributed by atoms with van der Waals surface area (Å²) in [6.07, 6.45) is 0.276. The fourth-order valence-corrected chi connectivity index (χ4v) is 2.72. The fraction of sp³-hybridized carbons (Fsp3) is 0.231. The number of aliphatic hydroxyl groups is 1. The third kappa shape index (κ3) is 2.73. The number of hydrogen-bond acceptors (Lipinski definition) is 2. The number of benzene rings is 1. The molecule has 84 valence electrons. The van der Waals surface area contributed by atoms with E-state index in [0.717, 1.165) is 15.6 Å². The normalized spacial score (nSPS) is 12.7. The summed E-state index contributed by atoms with van der Waals surface area (Å²) in [5, 5.41) is 12.1. The molecule has 0 radical (unpaired) electrons. The molecule has 0 spiro atoms. The molecule has 0 amide bonds. The zero-order valence-corrected chi connectivity index (χ0v) is 11.4. The number of aryl methyl sites for hydroxylation is 1. The maximum absolute atomic E-state index is 10.1. The average molecular weight is 297 g/mol. The number of rotatable bonds is 3. The average Bonchev–Trinajstić information content (AvgIpc) is 2.68. The van der Waals surface area contributed by atoms with Crippen molar-refractivity contribution in [2.24, 2.45) is 0 Å². The third-order valence-corrected chi connectivity index (χ3v) is 3.99. The number of thiophene rings is 1. The van der Waals surface area contributed by atoms with Crippen LogP contribution in [0.1, 0.15) is 22.1 Å². The van der Waals surface area contributed by atoms with Gasteiger partial charge in [-0.15, -0.1) is 11.3 Å². The van der Waals surface area contributed by atoms with Crippen molar-refractivity contribution < 1.29 is 5.11 Å². The first-order valence-corrected chi connectivity index (χ1v) is 6.80. The van der Waals surface area contributed by atoms with Crippen LogP contribution in [0.4, 0.5) is 0 Å². The summed E-state index contributed by atoms with van der Waals surface area (Å²) in [4.78, 5) is 1.20. The highest BCUT2D eigenvalue weighted by Gasteiger charge is 2.11. The molecule has 1 atom stereocenters. The Morgan fingerprint density at radius 1 is 1.25 bits per heavy atom. The van der Waals surface area contributed by atoms with Crippen LogP contribution in [0, 0.1) is 6.92 Å². The molecular formula is C13H13BrOS. The highest BCUT2D eigenvalue weighted by Crippen LogP contribution is 2.25. The van der Waals surface area contributed by atoms with Gasteiger partial charge >= 0.3 is 0 Å². The molecule has 2 rings (SSSR count). The van der Waals surface area contributed by atoms with E-state index in [1.807, 2.05) is 42.6 Å². The Balaban J connectivity index is 2.10. The predicted octanol–water partition coefficient (Wildman–Crippen LogP) is 4.10. The lowest BCUT2D eigenvalue weighted by Gasteiger charge is -2.10. The van der Waals surface area contributed by atoms with Gasteiger partial charge in [0.2, 0.25) is 0 Å². The largest absolute Gasteiger partial charge is 0.388 e. The second-order valence-corrected chi connectivity index (χ2v) is 5.81. The van der Waals surface area contributed by atoms with Crippen molar-refractivity contribution in [3.63, 3.8) is 0 Å². The van der Waals surface area contributed by atoms with Crippen LogP contribution in [0.5, 0.6) is 0 Å². The molecule has 1 N–H and O–H groups in total. The van der Waals surface area contributed by atoms with Gasteiger partial charge in [0.15, 0.2) is 0 Å². The lowest BCUT2D eigenvalue weighted by Crippen LogP contribution is -2.01. The molecule has 0 bridgehead atoms. The molecule has 0 saturated carbocycles. The summed E-state index contributed by atoms with van der Waals surface area (Å²) in [6, 6.07) is 10.1. The Morgan fingerprint density at radius 2 is 1.94 bits per heavy atom. The standard InChI is InChI=1S/C13H13BrOS/c1-9-12(6-7-16-9)13(15)8-10-2-4-11(14)5-3-10/h2-7,13,15H,8H2,1H3. The molecule has 0 aliphatic rings. The third-order valence-electron chi connectivity index (χ3n) is 2.60. The minimum Gasteiger partial charge on any atom is -0.388 e. The van der Waals surface area contributed by atoms with E-state index in [1.54, 1.807) is 11.3 Å². The van der Waals surface area contributed by atoms with Gasteiger partial charge in [0.1, 0.15) is 0 Å². The minimum absolute atomic E-state index is 0.396. The van der Waals surface area contributed by atoms with Gasteiger partial charge < -0.3 is 5.11 Å². The summed E-state index contributed by atoms with van der Waals surface area (Å²) < 4.78 is 1.07. The quantitative estimate of drug-likeness (QED) is 0.904. The van der Waals surface area contributed by atoms with Gasteiger partial charge in [-0.2, -0.15) is 0 Å². The summed E-state index contributed by atoms with van der Waals surface area (Å²) in [5.41, 5.74) is 2.20. The Labute approximate surface area is 108 Å². The second kappa shape index (κ2) is 5.13. The molecule has 1 heterocycles. The van der Waals surface area contributed by atoms with Crippen LogP contribution in [0.2, 0.25) is 0 Å². The Kier molecular flexibility index (Phi) is 3.79. The first kappa shape index (κ1) is 11.8. The summed E-state index contributed by atoms with van der Waals surface area (Å²) >= 11 is 5.08. The smallest absolute Gasteiger partial charge is 0.0840 e. The van der Waals surface area contributed by atoms with E-state index in [2.05, 4.69) is 15.9 Å². The van der Waals surface area contributed by atoms with E-state index in [4.69, 9.17) is 0 Å². The maximum atomic E-state index is 10.1. The molecule has 1 aromatic heterocycles. The maximum Gasteiger partial charge on any atom is 0.0840 e. The van der Waals surface area contributed by atoms with Gasteiger partial charge in [0.25, 0.3) is 0 Å². The summed E-state index contributed by atoms with van der Waals surface area (Å²) in [5.74, 6) is 0. The molecule has 0 saturated heterocycles. The Hall–Kier alpha value is -0.640. The zero-order valence-electron chi connectivity index (χ0n) is 8.98. The molecular weight excluding hydrogens is 284 g/mol. The van der Waals surface area contributed by atoms with Crippen LogP contribution >= 0.6 is 27.3 Å². The Bertz CT molecular complexity index is 461. The highest BCUT2D eigenvalue weighted by molar-refractivity contribution is 9.10. The van der Waals surface area contributed by atoms with Crippen molar-refractivity contribution in [1.82, 2.24) is 0 Å². The Morgan fingerprint density at radius 3 is 2.50 bits per heavy atom. The number of hydrogen-bond donors (Lipinski definition) is 1. The van der Waals surface area contributed by atoms with Gasteiger partial charge in [-0.1, -0.05) is 28.1 Å². The van der Waals surface area contributed by atoms with Gasteiger partial charge in [0.05, 0.1) is 6.10 Å². The molecule has 2 aromatic rings.